The number of nitrogens with one attached hydrogen (secondary N) is 2. The van der Waals surface area contributed by atoms with Crippen LogP contribution in [-0.4, -0.2) is 40.7 Å². The number of hydrogen-bond donors (Lipinski definition) is 4. The van der Waals surface area contributed by atoms with Crippen LogP contribution in [0.5, 0.6) is 5.75 Å². The summed E-state index contributed by atoms with van der Waals surface area (Å²) >= 11 is 0. The van der Waals surface area contributed by atoms with E-state index in [1.165, 1.54) is 0 Å². The Kier molecular flexibility index (Phi) is 11.4. The van der Waals surface area contributed by atoms with E-state index in [0.29, 0.717) is 30.0 Å². The zero-order valence-electron chi connectivity index (χ0n) is 25.9. The Balaban J connectivity index is 0.000000644. The van der Waals surface area contributed by atoms with E-state index in [1.54, 1.807) is 12.1 Å². The average Bonchev–Trinajstić information content (AvgIpc) is 3.04. The number of alkyl halides is 3. The van der Waals surface area contributed by atoms with Gasteiger partial charge in [0.25, 0.3) is 0 Å². The van der Waals surface area contributed by atoms with Crippen molar-refractivity contribution in [3.63, 3.8) is 0 Å². The number of carbonyl (C=O) groups is 3. The lowest BCUT2D eigenvalue weighted by molar-refractivity contribution is -0.192. The van der Waals surface area contributed by atoms with Crippen LogP contribution >= 0.6 is 0 Å². The van der Waals surface area contributed by atoms with E-state index in [1.807, 2.05) is 73.7 Å². The number of nitrogens with zero attached hydrogens (tertiary/aromatic N) is 1. The molecule has 5 N–H and O–H groups in total. The highest BCUT2D eigenvalue weighted by atomic mass is 19.4. The van der Waals surface area contributed by atoms with Gasteiger partial charge in [-0.05, 0) is 67.6 Å². The summed E-state index contributed by atoms with van der Waals surface area (Å²) in [6, 6.07) is 25.2. The fourth-order valence-corrected chi connectivity index (χ4v) is 5.74. The third-order valence-electron chi connectivity index (χ3n) is 7.94. The number of para-hydroxylation sites is 1. The maximum Gasteiger partial charge on any atom is 0.490 e. The summed E-state index contributed by atoms with van der Waals surface area (Å²) in [5.74, 6) is -2.66. The number of urea groups is 1. The highest BCUT2D eigenvalue weighted by Gasteiger charge is 2.39. The summed E-state index contributed by atoms with van der Waals surface area (Å²) in [5.41, 5.74) is 10.3. The molecule has 0 radical (unpaired) electrons. The Morgan fingerprint density at radius 3 is 2.28 bits per heavy atom. The largest absolute Gasteiger partial charge is 0.490 e. The van der Waals surface area contributed by atoms with Crippen molar-refractivity contribution in [3.8, 4) is 5.75 Å². The van der Waals surface area contributed by atoms with E-state index in [2.05, 4.69) is 15.6 Å². The third-order valence-corrected chi connectivity index (χ3v) is 7.94. The van der Waals surface area contributed by atoms with Gasteiger partial charge in [0.1, 0.15) is 12.4 Å². The quantitative estimate of drug-likeness (QED) is 0.162. The molecule has 3 aromatic carbocycles. The van der Waals surface area contributed by atoms with Crippen molar-refractivity contribution in [2.75, 3.05) is 6.54 Å². The second-order valence-electron chi connectivity index (χ2n) is 11.4. The van der Waals surface area contributed by atoms with E-state index in [9.17, 15) is 22.8 Å². The number of benzene rings is 3. The molecule has 4 aromatic rings. The van der Waals surface area contributed by atoms with Crippen molar-refractivity contribution in [1.29, 1.82) is 0 Å². The molecule has 0 atom stereocenters. The number of pyridine rings is 1. The lowest BCUT2D eigenvalue weighted by Gasteiger charge is -2.39. The second kappa shape index (κ2) is 15.4. The predicted molar refractivity (Wildman–Crippen MR) is 171 cm³/mol. The van der Waals surface area contributed by atoms with Crippen LogP contribution in [0.3, 0.4) is 0 Å². The van der Waals surface area contributed by atoms with Gasteiger partial charge < -0.3 is 26.2 Å². The van der Waals surface area contributed by atoms with Gasteiger partial charge in [-0.2, -0.15) is 13.2 Å². The molecular weight excluding hydrogens is 613 g/mol. The van der Waals surface area contributed by atoms with Gasteiger partial charge in [0.15, 0.2) is 0 Å². The maximum absolute atomic E-state index is 13.1. The minimum Gasteiger partial charge on any atom is -0.489 e. The Morgan fingerprint density at radius 1 is 0.957 bits per heavy atom. The van der Waals surface area contributed by atoms with Crippen molar-refractivity contribution >= 4 is 28.8 Å². The first-order chi connectivity index (χ1) is 22.4. The maximum atomic E-state index is 13.1. The molecule has 0 aliphatic heterocycles. The Morgan fingerprint density at radius 2 is 1.62 bits per heavy atom. The molecule has 1 aromatic heterocycles. The van der Waals surface area contributed by atoms with Crippen LogP contribution in [0.2, 0.25) is 0 Å². The van der Waals surface area contributed by atoms with Crippen LogP contribution in [-0.2, 0) is 23.4 Å². The molecule has 248 valence electrons. The molecule has 0 saturated heterocycles. The summed E-state index contributed by atoms with van der Waals surface area (Å²) in [6.45, 7) is 2.83. The number of fused-ring (bicyclic) bond motifs is 1. The monoisotopic (exact) mass is 650 g/mol. The number of aromatic nitrogens is 1. The molecular formula is C35H37F3N4O5. The number of primary amides is 1. The topological polar surface area (TPSA) is 144 Å². The van der Waals surface area contributed by atoms with Gasteiger partial charge in [-0.1, -0.05) is 67.8 Å². The molecule has 3 amide bonds. The Bertz CT molecular complexity index is 1710. The van der Waals surface area contributed by atoms with Crippen LogP contribution in [0.15, 0.2) is 78.9 Å². The molecule has 1 fully saturated rings. The molecule has 0 spiro atoms. The van der Waals surface area contributed by atoms with Crippen molar-refractivity contribution in [2.24, 2.45) is 5.73 Å². The molecule has 5 rings (SSSR count). The summed E-state index contributed by atoms with van der Waals surface area (Å²) in [4.78, 5) is 39.2. The van der Waals surface area contributed by atoms with Gasteiger partial charge in [-0.3, -0.25) is 9.78 Å². The number of aryl methyl sites for hydroxylation is 1. The van der Waals surface area contributed by atoms with Crippen molar-refractivity contribution in [2.45, 2.75) is 63.8 Å². The van der Waals surface area contributed by atoms with Gasteiger partial charge in [0, 0.05) is 28.8 Å². The summed E-state index contributed by atoms with van der Waals surface area (Å²) in [5, 5.41) is 14.4. The molecule has 12 heteroatoms. The highest BCUT2D eigenvalue weighted by molar-refractivity contribution is 5.95. The van der Waals surface area contributed by atoms with Crippen LogP contribution in [0, 0.1) is 6.92 Å². The molecule has 1 heterocycles. The number of halogens is 3. The number of rotatable bonds is 9. The first kappa shape index (κ1) is 34.7. The molecule has 9 nitrogen and oxygen atoms in total. The molecule has 1 aliphatic carbocycles. The van der Waals surface area contributed by atoms with Gasteiger partial charge in [-0.15, -0.1) is 0 Å². The fraction of sp³-hybridized carbons (Fsp3) is 0.314. The first-order valence-electron chi connectivity index (χ1n) is 15.2. The van der Waals surface area contributed by atoms with Crippen molar-refractivity contribution in [3.05, 3.63) is 107 Å². The summed E-state index contributed by atoms with van der Waals surface area (Å²) in [6.07, 6.45) is 0.0513. The lowest BCUT2D eigenvalue weighted by atomic mass is 9.74. The Hall–Kier alpha value is -5.13. The number of ether oxygens (including phenoxy) is 1. The van der Waals surface area contributed by atoms with Gasteiger partial charge in [-0.25, -0.2) is 9.59 Å². The number of carboxylic acids is 1. The average molecular weight is 651 g/mol. The van der Waals surface area contributed by atoms with Crippen molar-refractivity contribution < 1.29 is 37.4 Å². The minimum atomic E-state index is -5.08. The number of nitrogens with two attached hydrogens (primary N) is 1. The van der Waals surface area contributed by atoms with Crippen LogP contribution in [0.25, 0.3) is 10.9 Å². The molecule has 0 bridgehead atoms. The fourth-order valence-electron chi connectivity index (χ4n) is 5.74. The van der Waals surface area contributed by atoms with E-state index in [4.69, 9.17) is 20.4 Å². The number of aliphatic carboxylic acids is 1. The number of carboxylic acid groups (broad SMARTS) is 1. The molecule has 0 unspecified atom stereocenters. The number of amides is 3. The minimum absolute atomic E-state index is 0.252. The van der Waals surface area contributed by atoms with Gasteiger partial charge >= 0.3 is 18.2 Å². The lowest BCUT2D eigenvalue weighted by Crippen LogP contribution is -2.52. The van der Waals surface area contributed by atoms with E-state index in [0.717, 1.165) is 66.2 Å². The third kappa shape index (κ3) is 9.44. The Labute approximate surface area is 270 Å². The van der Waals surface area contributed by atoms with Crippen LogP contribution < -0.4 is 21.1 Å². The normalized spacial score (nSPS) is 14.0. The van der Waals surface area contributed by atoms with Crippen molar-refractivity contribution in [1.82, 2.24) is 15.6 Å². The predicted octanol–water partition coefficient (Wildman–Crippen LogP) is 6.56. The zero-order valence-corrected chi connectivity index (χ0v) is 25.9. The molecule has 1 saturated carbocycles. The second-order valence-corrected chi connectivity index (χ2v) is 11.4. The van der Waals surface area contributed by atoms with Crippen LogP contribution in [0.1, 0.15) is 64.8 Å². The number of hydrogen-bond acceptors (Lipinski definition) is 5. The highest BCUT2D eigenvalue weighted by Crippen LogP contribution is 2.40. The summed E-state index contributed by atoms with van der Waals surface area (Å²) in [7, 11) is 0. The van der Waals surface area contributed by atoms with E-state index < -0.39 is 23.6 Å². The summed E-state index contributed by atoms with van der Waals surface area (Å²) < 4.78 is 38.0. The van der Waals surface area contributed by atoms with E-state index in [-0.39, 0.29) is 6.03 Å². The molecule has 47 heavy (non-hydrogen) atoms. The smallest absolute Gasteiger partial charge is 0.489 e. The first-order valence-corrected chi connectivity index (χ1v) is 15.2. The van der Waals surface area contributed by atoms with E-state index >= 15 is 0 Å². The standard InChI is InChI=1S/C33H36N4O3.C2HF3O2/c1-23-20-25(27-12-6-7-13-30(27)36-23)22-40-26-14-15-28(31(34)38)29(21-26)33(17-8-3-9-18-33)37-32(39)35-19-16-24-10-4-2-5-11-24;3-2(4,5)1(6)7/h2,4-7,10-15,20-21H,3,8-9,16-19,22H2,1H3,(H2,34,38)(H2,35,37,39);(H,6,7). The SMILES string of the molecule is Cc1cc(COc2ccc(C(N)=O)c(C3(NC(=O)NCCc4ccccc4)CCCCC3)c2)c2ccccc2n1.O=C(O)C(F)(F)F. The van der Waals surface area contributed by atoms with Crippen LogP contribution in [0.4, 0.5) is 18.0 Å². The number of carbonyl (C=O) groups excluding carboxylic acids is 2. The van der Waals surface area contributed by atoms with Gasteiger partial charge in [0.05, 0.1) is 11.1 Å². The van der Waals surface area contributed by atoms with Gasteiger partial charge in [0.2, 0.25) is 5.91 Å². The zero-order chi connectivity index (χ0) is 34.0. The molecule has 1 aliphatic rings.